The van der Waals surface area contributed by atoms with Gasteiger partial charge >= 0.3 is 0 Å². The molecule has 3 nitrogen and oxygen atoms in total. The van der Waals surface area contributed by atoms with Crippen molar-refractivity contribution in [2.24, 2.45) is 16.7 Å². The van der Waals surface area contributed by atoms with E-state index in [9.17, 15) is 0 Å². The molecule has 0 aromatic heterocycles. The van der Waals surface area contributed by atoms with E-state index in [-0.39, 0.29) is 5.17 Å². The van der Waals surface area contributed by atoms with Gasteiger partial charge in [-0.2, -0.15) is 5.10 Å². The molecule has 0 rings (SSSR count). The molecule has 0 aliphatic carbocycles. The van der Waals surface area contributed by atoms with E-state index < -0.39 is 0 Å². The van der Waals surface area contributed by atoms with E-state index in [1.807, 2.05) is 0 Å². The van der Waals surface area contributed by atoms with E-state index in [1.165, 1.54) is 17.3 Å². The molecule has 4 N–H and O–H groups in total. The number of nitrogens with two attached hydrogens (primary N) is 2. The fourth-order valence-corrected chi connectivity index (χ4v) is 0.988. The number of hydrogen-bond donors (Lipinski definition) is 2. The third-order valence-electron chi connectivity index (χ3n) is 0.604. The van der Waals surface area contributed by atoms with Crippen LogP contribution in [0, 0.1) is 0 Å². The van der Waals surface area contributed by atoms with E-state index in [1.54, 1.807) is 0 Å². The fraction of sp³-hybridized carbons (Fsp3) is 0.250. The summed E-state index contributed by atoms with van der Waals surface area (Å²) in [6, 6.07) is 0. The van der Waals surface area contributed by atoms with Crippen LogP contribution in [0.5, 0.6) is 0 Å². The number of hydrazone groups is 1. The predicted octanol–water partition coefficient (Wildman–Crippen LogP) is 1.23. The molecule has 0 aromatic carbocycles. The lowest BCUT2D eigenvalue weighted by Gasteiger charge is -1.95. The number of thioether (sulfide) groups is 1. The number of amidine groups is 1. The molecule has 0 aromatic rings. The van der Waals surface area contributed by atoms with Crippen LogP contribution in [0.2, 0.25) is 0 Å². The van der Waals surface area contributed by atoms with E-state index in [4.69, 9.17) is 34.8 Å². The quantitative estimate of drug-likeness (QED) is 0.305. The average Bonchev–Trinajstić information content (AvgIpc) is 1.99. The molecule has 10 heavy (non-hydrogen) atoms. The number of rotatable bonds is 2. The van der Waals surface area contributed by atoms with Gasteiger partial charge in [0, 0.05) is 16.3 Å². The zero-order valence-electron chi connectivity index (χ0n) is 5.05. The van der Waals surface area contributed by atoms with Crippen LogP contribution < -0.4 is 11.6 Å². The Labute approximate surface area is 73.4 Å². The summed E-state index contributed by atoms with van der Waals surface area (Å²) in [5.41, 5.74) is 6.51. The molecule has 0 spiro atoms. The van der Waals surface area contributed by atoms with Gasteiger partial charge in [0.25, 0.3) is 0 Å². The molecule has 0 saturated carbocycles. The van der Waals surface area contributed by atoms with Crippen molar-refractivity contribution >= 4 is 40.1 Å². The van der Waals surface area contributed by atoms with Gasteiger partial charge in [-0.1, -0.05) is 35.0 Å². The summed E-state index contributed by atoms with van der Waals surface area (Å²) in [6.07, 6.45) is 0. The summed E-state index contributed by atoms with van der Waals surface area (Å²) in [7, 11) is 0. The standard InChI is InChI=1S/C4H7Cl2N3S/c5-1-3(6)2-10-4(7)9-8/h1H,2,8H2,(H2,7,9). The number of hydrogen-bond acceptors (Lipinski definition) is 3. The topological polar surface area (TPSA) is 64.4 Å². The molecule has 0 heterocycles. The van der Waals surface area contributed by atoms with Crippen molar-refractivity contribution < 1.29 is 0 Å². The first-order valence-electron chi connectivity index (χ1n) is 2.31. The zero-order chi connectivity index (χ0) is 7.98. The summed E-state index contributed by atoms with van der Waals surface area (Å²) in [5, 5.41) is 4.02. The Kier molecular flexibility index (Phi) is 5.67. The van der Waals surface area contributed by atoms with Crippen LogP contribution in [-0.2, 0) is 0 Å². The van der Waals surface area contributed by atoms with Crippen LogP contribution in [0.4, 0.5) is 0 Å². The molecule has 0 atom stereocenters. The molecule has 0 bridgehead atoms. The van der Waals surface area contributed by atoms with Crippen molar-refractivity contribution in [2.75, 3.05) is 5.75 Å². The second-order valence-corrected chi connectivity index (χ2v) is 3.01. The van der Waals surface area contributed by atoms with Gasteiger partial charge in [-0.3, -0.25) is 0 Å². The van der Waals surface area contributed by atoms with E-state index >= 15 is 0 Å². The normalized spacial score (nSPS) is 13.8. The summed E-state index contributed by atoms with van der Waals surface area (Å²) in [4.78, 5) is 0. The summed E-state index contributed by atoms with van der Waals surface area (Å²) >= 11 is 12.0. The van der Waals surface area contributed by atoms with Gasteiger partial charge in [0.2, 0.25) is 0 Å². The monoisotopic (exact) mass is 199 g/mol. The molecule has 0 fully saturated rings. The van der Waals surface area contributed by atoms with Crippen LogP contribution in [0.15, 0.2) is 15.7 Å². The number of nitrogens with zero attached hydrogens (tertiary/aromatic N) is 1. The first-order valence-corrected chi connectivity index (χ1v) is 4.11. The Morgan fingerprint density at radius 1 is 1.70 bits per heavy atom. The highest BCUT2D eigenvalue weighted by atomic mass is 35.5. The number of halogens is 2. The van der Waals surface area contributed by atoms with Crippen molar-refractivity contribution in [2.45, 2.75) is 0 Å². The van der Waals surface area contributed by atoms with Gasteiger partial charge in [0.15, 0.2) is 5.17 Å². The fourth-order valence-electron chi connectivity index (χ4n) is 0.212. The molecule has 0 aliphatic rings. The van der Waals surface area contributed by atoms with Gasteiger partial charge in [0.1, 0.15) is 0 Å². The highest BCUT2D eigenvalue weighted by Gasteiger charge is 1.94. The predicted molar refractivity (Wildman–Crippen MR) is 48.1 cm³/mol. The maximum Gasteiger partial charge on any atom is 0.177 e. The molecule has 6 heteroatoms. The second kappa shape index (κ2) is 5.70. The maximum atomic E-state index is 5.52. The van der Waals surface area contributed by atoms with Gasteiger partial charge in [-0.25, -0.2) is 0 Å². The smallest absolute Gasteiger partial charge is 0.177 e. The van der Waals surface area contributed by atoms with Crippen LogP contribution in [-0.4, -0.2) is 10.9 Å². The molecule has 0 amide bonds. The van der Waals surface area contributed by atoms with Crippen LogP contribution in [0.1, 0.15) is 0 Å². The molecule has 0 unspecified atom stereocenters. The highest BCUT2D eigenvalue weighted by Crippen LogP contribution is 2.11. The first kappa shape index (κ1) is 9.94. The summed E-state index contributed by atoms with van der Waals surface area (Å²) in [6.45, 7) is 0. The lowest BCUT2D eigenvalue weighted by molar-refractivity contribution is 1.25. The van der Waals surface area contributed by atoms with Crippen molar-refractivity contribution in [1.29, 1.82) is 0 Å². The van der Waals surface area contributed by atoms with Gasteiger partial charge in [-0.15, -0.1) is 0 Å². The minimum atomic E-state index is 0.289. The molecular weight excluding hydrogens is 193 g/mol. The minimum absolute atomic E-state index is 0.289. The minimum Gasteiger partial charge on any atom is -0.377 e. The molecule has 58 valence electrons. The Balaban J connectivity index is 3.56. The summed E-state index contributed by atoms with van der Waals surface area (Å²) < 4.78 is 0. The Morgan fingerprint density at radius 3 is 2.70 bits per heavy atom. The Bertz CT molecular complexity index is 139. The van der Waals surface area contributed by atoms with Crippen LogP contribution in [0.3, 0.4) is 0 Å². The van der Waals surface area contributed by atoms with Crippen LogP contribution in [0.25, 0.3) is 0 Å². The first-order chi connectivity index (χ1) is 4.70. The lowest BCUT2D eigenvalue weighted by Crippen LogP contribution is -2.09. The Morgan fingerprint density at radius 2 is 2.30 bits per heavy atom. The van der Waals surface area contributed by atoms with E-state index in [0.29, 0.717) is 10.8 Å². The van der Waals surface area contributed by atoms with E-state index in [0.717, 1.165) is 0 Å². The molecule has 0 radical (unpaired) electrons. The largest absolute Gasteiger partial charge is 0.377 e. The third kappa shape index (κ3) is 4.78. The van der Waals surface area contributed by atoms with Crippen molar-refractivity contribution in [3.8, 4) is 0 Å². The highest BCUT2D eigenvalue weighted by molar-refractivity contribution is 8.14. The molecule has 0 aliphatic heterocycles. The van der Waals surface area contributed by atoms with Gasteiger partial charge in [-0.05, 0) is 0 Å². The molecule has 0 saturated heterocycles. The summed E-state index contributed by atoms with van der Waals surface area (Å²) in [5.74, 6) is 5.34. The van der Waals surface area contributed by atoms with Crippen molar-refractivity contribution in [3.63, 3.8) is 0 Å². The SMILES string of the molecule is NN=C(N)SCC(Cl)=CCl. The maximum absolute atomic E-state index is 5.52. The Hall–Kier alpha value is -0.0600. The van der Waals surface area contributed by atoms with E-state index in [2.05, 4.69) is 5.10 Å². The zero-order valence-corrected chi connectivity index (χ0v) is 7.38. The van der Waals surface area contributed by atoms with Gasteiger partial charge in [0.05, 0.1) is 0 Å². The lowest BCUT2D eigenvalue weighted by atomic mass is 10.7. The van der Waals surface area contributed by atoms with Crippen molar-refractivity contribution in [1.82, 2.24) is 0 Å². The molecular formula is C4H7Cl2N3S. The van der Waals surface area contributed by atoms with Gasteiger partial charge < -0.3 is 11.6 Å². The third-order valence-corrected chi connectivity index (χ3v) is 2.24. The average molecular weight is 200 g/mol. The second-order valence-electron chi connectivity index (χ2n) is 1.31. The van der Waals surface area contributed by atoms with Crippen LogP contribution >= 0.6 is 35.0 Å². The van der Waals surface area contributed by atoms with Crippen molar-refractivity contribution in [3.05, 3.63) is 10.6 Å².